The third-order valence-electron chi connectivity index (χ3n) is 5.71. The molecular weight excluding hydrogens is 426 g/mol. The van der Waals surface area contributed by atoms with Crippen LogP contribution in [-0.2, 0) is 15.0 Å². The number of ketones is 2. The molecular formula is C24H25N3O4S. The first kappa shape index (κ1) is 23.4. The molecule has 3 rings (SSSR count). The molecule has 0 bridgehead atoms. The molecule has 0 saturated carbocycles. The Labute approximate surface area is 190 Å². The minimum absolute atomic E-state index is 0.0198. The maximum Gasteiger partial charge on any atom is 0.320 e. The number of hydrogen-bond acceptors (Lipinski definition) is 6. The number of hydrogen-bond donors (Lipinski definition) is 3. The van der Waals surface area contributed by atoms with Gasteiger partial charge in [0.15, 0.2) is 5.78 Å². The molecule has 166 valence electrons. The van der Waals surface area contributed by atoms with Crippen molar-refractivity contribution in [3.63, 3.8) is 0 Å². The average Bonchev–Trinajstić information content (AvgIpc) is 3.36. The third-order valence-corrected chi connectivity index (χ3v) is 6.71. The number of nitrogens with one attached hydrogen (secondary N) is 1. The summed E-state index contributed by atoms with van der Waals surface area (Å²) >= 11 is 1.25. The van der Waals surface area contributed by atoms with E-state index in [0.717, 1.165) is 5.56 Å². The Morgan fingerprint density at radius 2 is 2.00 bits per heavy atom. The van der Waals surface area contributed by atoms with Crippen molar-refractivity contribution >= 4 is 29.3 Å². The summed E-state index contributed by atoms with van der Waals surface area (Å²) in [6, 6.07) is 8.06. The van der Waals surface area contributed by atoms with Crippen LogP contribution in [-0.4, -0.2) is 50.2 Å². The molecule has 1 aliphatic rings. The molecule has 0 saturated heterocycles. The summed E-state index contributed by atoms with van der Waals surface area (Å²) < 4.78 is 0. The second kappa shape index (κ2) is 9.93. The Kier molecular flexibility index (Phi) is 7.27. The number of imidazole rings is 1. The van der Waals surface area contributed by atoms with Gasteiger partial charge in [-0.05, 0) is 18.2 Å². The highest BCUT2D eigenvalue weighted by Crippen LogP contribution is 2.45. The minimum atomic E-state index is -1.17. The Morgan fingerprint density at radius 1 is 1.28 bits per heavy atom. The fourth-order valence-corrected chi connectivity index (χ4v) is 4.78. The number of aromatic nitrogens is 2. The lowest BCUT2D eigenvalue weighted by molar-refractivity contribution is -0.138. The molecule has 8 heteroatoms. The number of carbonyl (C=O) groups is 3. The number of allylic oxidation sites excluding steroid dienone is 5. The van der Waals surface area contributed by atoms with Crippen molar-refractivity contribution in [2.45, 2.75) is 23.1 Å². The van der Waals surface area contributed by atoms with Crippen molar-refractivity contribution in [1.29, 1.82) is 0 Å². The number of Topliss-reactive ketones (excluding diaryl/α,β-unsaturated/α-hetero) is 2. The maximum atomic E-state index is 13.8. The number of rotatable bonds is 10. The number of carbonyl (C=O) groups excluding carboxylic acids is 2. The van der Waals surface area contributed by atoms with Crippen LogP contribution < -0.4 is 5.73 Å². The molecule has 1 aliphatic carbocycles. The van der Waals surface area contributed by atoms with Crippen LogP contribution in [0.1, 0.15) is 22.5 Å². The Morgan fingerprint density at radius 3 is 2.59 bits per heavy atom. The van der Waals surface area contributed by atoms with Gasteiger partial charge in [-0.15, -0.1) is 0 Å². The Bertz CT molecular complexity index is 1060. The predicted molar refractivity (Wildman–Crippen MR) is 124 cm³/mol. The zero-order chi connectivity index (χ0) is 23.3. The van der Waals surface area contributed by atoms with Gasteiger partial charge in [-0.25, -0.2) is 4.98 Å². The van der Waals surface area contributed by atoms with Gasteiger partial charge in [-0.3, -0.25) is 14.4 Å². The molecule has 7 nitrogen and oxygen atoms in total. The normalized spacial score (nSPS) is 21.6. The maximum absolute atomic E-state index is 13.8. The number of benzene rings is 1. The van der Waals surface area contributed by atoms with Crippen LogP contribution in [0, 0.1) is 5.92 Å². The monoisotopic (exact) mass is 451 g/mol. The number of carboxylic acids is 1. The molecule has 1 heterocycles. The molecule has 1 aromatic carbocycles. The van der Waals surface area contributed by atoms with Crippen molar-refractivity contribution in [1.82, 2.24) is 9.97 Å². The van der Waals surface area contributed by atoms with Crippen LogP contribution in [0.15, 0.2) is 79.3 Å². The van der Waals surface area contributed by atoms with E-state index in [1.807, 2.05) is 36.4 Å². The van der Waals surface area contributed by atoms with E-state index in [1.165, 1.54) is 24.3 Å². The first-order valence-corrected chi connectivity index (χ1v) is 11.3. The number of nitrogens with two attached hydrogens (primary N) is 1. The molecule has 4 atom stereocenters. The van der Waals surface area contributed by atoms with E-state index in [-0.39, 0.29) is 29.3 Å². The molecule has 4 unspecified atom stereocenters. The summed E-state index contributed by atoms with van der Waals surface area (Å²) in [5.41, 5.74) is 5.72. The molecule has 0 fully saturated rings. The molecule has 0 amide bonds. The van der Waals surface area contributed by atoms with Crippen LogP contribution in [0.2, 0.25) is 0 Å². The van der Waals surface area contributed by atoms with Gasteiger partial charge in [0.1, 0.15) is 11.7 Å². The first-order valence-electron chi connectivity index (χ1n) is 10.0. The van der Waals surface area contributed by atoms with E-state index in [2.05, 4.69) is 16.5 Å². The number of carboxylic acid groups (broad SMARTS) is 1. The highest BCUT2D eigenvalue weighted by Gasteiger charge is 2.48. The second-order valence-corrected chi connectivity index (χ2v) is 8.57. The van der Waals surface area contributed by atoms with Crippen molar-refractivity contribution < 1.29 is 19.5 Å². The summed E-state index contributed by atoms with van der Waals surface area (Å²) in [7, 11) is 0. The van der Waals surface area contributed by atoms with E-state index in [9.17, 15) is 19.5 Å². The molecule has 0 spiro atoms. The minimum Gasteiger partial charge on any atom is -0.480 e. The largest absolute Gasteiger partial charge is 0.480 e. The van der Waals surface area contributed by atoms with Crippen molar-refractivity contribution in [2.24, 2.45) is 11.7 Å². The zero-order valence-corrected chi connectivity index (χ0v) is 18.4. The topological polar surface area (TPSA) is 126 Å². The van der Waals surface area contributed by atoms with Gasteiger partial charge >= 0.3 is 5.97 Å². The number of aromatic amines is 1. The lowest BCUT2D eigenvalue weighted by Crippen LogP contribution is -2.46. The molecule has 32 heavy (non-hydrogen) atoms. The number of thioether (sulfide) groups is 1. The second-order valence-electron chi connectivity index (χ2n) is 7.53. The van der Waals surface area contributed by atoms with Gasteiger partial charge in [0, 0.05) is 11.8 Å². The van der Waals surface area contributed by atoms with Gasteiger partial charge in [-0.2, -0.15) is 11.8 Å². The molecule has 0 radical (unpaired) electrons. The average molecular weight is 452 g/mol. The Balaban J connectivity index is 2.10. The fourth-order valence-electron chi connectivity index (χ4n) is 4.00. The van der Waals surface area contributed by atoms with Crippen LogP contribution >= 0.6 is 11.8 Å². The zero-order valence-electron chi connectivity index (χ0n) is 17.6. The molecule has 1 aromatic heterocycles. The summed E-state index contributed by atoms with van der Waals surface area (Å²) in [5.74, 6) is -2.53. The van der Waals surface area contributed by atoms with Crippen LogP contribution in [0.5, 0.6) is 0 Å². The lowest BCUT2D eigenvalue weighted by Gasteiger charge is -2.40. The van der Waals surface area contributed by atoms with Crippen LogP contribution in [0.3, 0.4) is 0 Å². The van der Waals surface area contributed by atoms with E-state index < -0.39 is 28.6 Å². The summed E-state index contributed by atoms with van der Waals surface area (Å²) in [5, 5.41) is 8.56. The summed E-state index contributed by atoms with van der Waals surface area (Å²) in [4.78, 5) is 45.2. The van der Waals surface area contributed by atoms with E-state index in [0.29, 0.717) is 0 Å². The van der Waals surface area contributed by atoms with Crippen molar-refractivity contribution in [3.05, 3.63) is 90.6 Å². The molecule has 4 N–H and O–H groups in total. The van der Waals surface area contributed by atoms with E-state index >= 15 is 0 Å². The van der Waals surface area contributed by atoms with Gasteiger partial charge in [0.05, 0.1) is 22.9 Å². The number of H-pyrrole nitrogens is 1. The predicted octanol–water partition coefficient (Wildman–Crippen LogP) is 2.93. The molecule has 2 aromatic rings. The lowest BCUT2D eigenvalue weighted by atomic mass is 9.61. The van der Waals surface area contributed by atoms with Gasteiger partial charge < -0.3 is 15.8 Å². The van der Waals surface area contributed by atoms with Gasteiger partial charge in [0.25, 0.3) is 0 Å². The highest BCUT2D eigenvalue weighted by molar-refractivity contribution is 7.99. The SMILES string of the molecule is C=C(C(=O)c1c[nH]cn1)C1(c2ccccc2)C=CC=CC1C(=O)C(CC(N)C(=O)O)SC. The van der Waals surface area contributed by atoms with Crippen LogP contribution in [0.25, 0.3) is 0 Å². The number of aliphatic carboxylic acids is 1. The van der Waals surface area contributed by atoms with Crippen molar-refractivity contribution in [3.8, 4) is 0 Å². The summed E-state index contributed by atoms with van der Waals surface area (Å²) in [6.07, 6.45) is 11.7. The summed E-state index contributed by atoms with van der Waals surface area (Å²) in [6.45, 7) is 4.12. The Hall–Kier alpha value is -3.23. The van der Waals surface area contributed by atoms with Gasteiger partial charge in [0.2, 0.25) is 5.78 Å². The van der Waals surface area contributed by atoms with E-state index in [4.69, 9.17) is 5.73 Å². The van der Waals surface area contributed by atoms with Crippen LogP contribution in [0.4, 0.5) is 0 Å². The quantitative estimate of drug-likeness (QED) is 0.374. The third kappa shape index (κ3) is 4.37. The first-order chi connectivity index (χ1) is 15.3. The number of nitrogens with zero attached hydrogens (tertiary/aromatic N) is 1. The molecule has 0 aliphatic heterocycles. The fraction of sp³-hybridized carbons (Fsp3) is 0.250. The van der Waals surface area contributed by atoms with E-state index in [1.54, 1.807) is 24.5 Å². The standard InChI is InChI=1S/C24H25N3O4S/c1-15(21(28)19-13-26-14-27-19)24(16-8-4-3-5-9-16)11-7-6-10-17(24)22(29)20(32-2)12-18(25)23(30)31/h3-11,13-14,17-18,20H,1,12,25H2,2H3,(H,26,27)(H,30,31). The van der Waals surface area contributed by atoms with Gasteiger partial charge in [-0.1, -0.05) is 61.2 Å². The highest BCUT2D eigenvalue weighted by atomic mass is 32.2. The smallest absolute Gasteiger partial charge is 0.320 e. The van der Waals surface area contributed by atoms with Crippen molar-refractivity contribution in [2.75, 3.05) is 6.26 Å².